The van der Waals surface area contributed by atoms with Crippen LogP contribution in [0.3, 0.4) is 0 Å². The number of carbonyl (C=O) groups excluding carboxylic acids is 1. The van der Waals surface area contributed by atoms with Gasteiger partial charge in [-0.05, 0) is 68.5 Å². The standard InChI is InChI=1S/C19H31N5O3S2/c1-2-17-11-18(22-28-17)19(25)21-12-13-9-15-3-4-16(10-13)24(15)29(26,27)23-7-5-14(20)6-8-23/h11,13-16H,2-10,12,20H2,1H3,(H,21,25)/t13?,15-,16+. The predicted molar refractivity (Wildman–Crippen MR) is 113 cm³/mol. The summed E-state index contributed by atoms with van der Waals surface area (Å²) in [7, 11) is -3.43. The van der Waals surface area contributed by atoms with Crippen LogP contribution in [0, 0.1) is 5.92 Å². The third kappa shape index (κ3) is 4.36. The maximum absolute atomic E-state index is 13.2. The quantitative estimate of drug-likeness (QED) is 0.693. The molecule has 3 fully saturated rings. The van der Waals surface area contributed by atoms with Crippen molar-refractivity contribution < 1.29 is 13.2 Å². The minimum atomic E-state index is -3.43. The van der Waals surface area contributed by atoms with Gasteiger partial charge in [-0.2, -0.15) is 21.4 Å². The van der Waals surface area contributed by atoms with Crippen LogP contribution in [0.25, 0.3) is 0 Å². The second-order valence-corrected chi connectivity index (χ2v) is 11.3. The van der Waals surface area contributed by atoms with Gasteiger partial charge in [-0.3, -0.25) is 4.79 Å². The van der Waals surface area contributed by atoms with Crippen molar-refractivity contribution >= 4 is 27.6 Å². The van der Waals surface area contributed by atoms with Crippen molar-refractivity contribution in [2.24, 2.45) is 11.7 Å². The number of nitrogens with zero attached hydrogens (tertiary/aromatic N) is 3. The van der Waals surface area contributed by atoms with Crippen LogP contribution in [0.15, 0.2) is 6.07 Å². The van der Waals surface area contributed by atoms with Crippen LogP contribution < -0.4 is 11.1 Å². The molecule has 10 heteroatoms. The van der Waals surface area contributed by atoms with Gasteiger partial charge in [0, 0.05) is 42.6 Å². The number of amides is 1. The van der Waals surface area contributed by atoms with E-state index in [2.05, 4.69) is 9.69 Å². The van der Waals surface area contributed by atoms with Crippen LogP contribution in [-0.2, 0) is 16.6 Å². The molecule has 3 aliphatic heterocycles. The molecule has 0 radical (unpaired) electrons. The Labute approximate surface area is 177 Å². The number of nitrogens with two attached hydrogens (primary N) is 1. The number of carbonyl (C=O) groups is 1. The van der Waals surface area contributed by atoms with E-state index >= 15 is 0 Å². The van der Waals surface area contributed by atoms with Gasteiger partial charge in [0.2, 0.25) is 0 Å². The number of aromatic nitrogens is 1. The molecule has 1 amide bonds. The molecule has 8 nitrogen and oxygen atoms in total. The average Bonchev–Trinajstić information content (AvgIpc) is 3.30. The van der Waals surface area contributed by atoms with E-state index in [1.54, 1.807) is 8.61 Å². The van der Waals surface area contributed by atoms with E-state index in [0.29, 0.717) is 31.2 Å². The Morgan fingerprint density at radius 3 is 2.48 bits per heavy atom. The number of rotatable bonds is 6. The summed E-state index contributed by atoms with van der Waals surface area (Å²) >= 11 is 1.37. The van der Waals surface area contributed by atoms with E-state index in [1.807, 2.05) is 13.0 Å². The highest BCUT2D eigenvalue weighted by Crippen LogP contribution is 2.41. The van der Waals surface area contributed by atoms with Crippen LogP contribution in [-0.4, -0.2) is 65.1 Å². The second-order valence-electron chi connectivity index (χ2n) is 8.54. The molecular formula is C19H31N5O3S2. The molecule has 0 aliphatic carbocycles. The van der Waals surface area contributed by atoms with Crippen molar-refractivity contribution in [3.63, 3.8) is 0 Å². The smallest absolute Gasteiger partial charge is 0.282 e. The normalized spacial score (nSPS) is 29.2. The third-order valence-electron chi connectivity index (χ3n) is 6.55. The molecule has 3 N–H and O–H groups in total. The van der Waals surface area contributed by atoms with Gasteiger partial charge in [-0.15, -0.1) is 0 Å². The van der Waals surface area contributed by atoms with Crippen LogP contribution in [0.1, 0.15) is 60.8 Å². The molecule has 0 aromatic carbocycles. The summed E-state index contributed by atoms with van der Waals surface area (Å²) in [6.07, 6.45) is 5.77. The molecule has 3 aliphatic rings. The average molecular weight is 442 g/mol. The zero-order chi connectivity index (χ0) is 20.6. The zero-order valence-corrected chi connectivity index (χ0v) is 18.6. The fourth-order valence-electron chi connectivity index (χ4n) is 4.94. The SMILES string of the molecule is CCc1cc(C(=O)NCC2C[C@H]3CC[C@@H](C2)N3S(=O)(=O)N2CCC(N)CC2)ns1. The molecule has 0 saturated carbocycles. The van der Waals surface area contributed by atoms with Crippen molar-refractivity contribution in [1.29, 1.82) is 0 Å². The largest absolute Gasteiger partial charge is 0.350 e. The summed E-state index contributed by atoms with van der Waals surface area (Å²) < 4.78 is 34.1. The lowest BCUT2D eigenvalue weighted by atomic mass is 9.92. The third-order valence-corrected chi connectivity index (χ3v) is 9.62. The summed E-state index contributed by atoms with van der Waals surface area (Å²) in [4.78, 5) is 13.5. The topological polar surface area (TPSA) is 109 Å². The molecule has 29 heavy (non-hydrogen) atoms. The molecule has 4 rings (SSSR count). The molecule has 3 atom stereocenters. The summed E-state index contributed by atoms with van der Waals surface area (Å²) in [5.74, 6) is 0.176. The second kappa shape index (κ2) is 8.58. The monoisotopic (exact) mass is 441 g/mol. The highest BCUT2D eigenvalue weighted by molar-refractivity contribution is 7.86. The number of fused-ring (bicyclic) bond motifs is 2. The van der Waals surface area contributed by atoms with Crippen molar-refractivity contribution in [3.05, 3.63) is 16.6 Å². The Morgan fingerprint density at radius 1 is 1.24 bits per heavy atom. The van der Waals surface area contributed by atoms with Gasteiger partial charge in [-0.1, -0.05) is 6.92 Å². The summed E-state index contributed by atoms with van der Waals surface area (Å²) in [5, 5.41) is 3.01. The Hall–Kier alpha value is -1.07. The molecule has 1 unspecified atom stereocenters. The first-order valence-electron chi connectivity index (χ1n) is 10.7. The zero-order valence-electron chi connectivity index (χ0n) is 16.9. The van der Waals surface area contributed by atoms with Gasteiger partial charge in [0.05, 0.1) is 0 Å². The number of hydrogen-bond donors (Lipinski definition) is 2. The highest BCUT2D eigenvalue weighted by Gasteiger charge is 2.48. The van der Waals surface area contributed by atoms with E-state index in [0.717, 1.165) is 49.8 Å². The van der Waals surface area contributed by atoms with Crippen LogP contribution in [0.2, 0.25) is 0 Å². The maximum Gasteiger partial charge on any atom is 0.282 e. The Balaban J connectivity index is 1.34. The van der Waals surface area contributed by atoms with Crippen molar-refractivity contribution in [1.82, 2.24) is 18.3 Å². The van der Waals surface area contributed by atoms with Crippen molar-refractivity contribution in [2.75, 3.05) is 19.6 Å². The Morgan fingerprint density at radius 2 is 1.90 bits per heavy atom. The summed E-state index contributed by atoms with van der Waals surface area (Å²) in [6.45, 7) is 3.67. The van der Waals surface area contributed by atoms with Gasteiger partial charge < -0.3 is 11.1 Å². The van der Waals surface area contributed by atoms with E-state index in [4.69, 9.17) is 5.73 Å². The summed E-state index contributed by atoms with van der Waals surface area (Å²) in [5.41, 5.74) is 6.42. The number of hydrogen-bond acceptors (Lipinski definition) is 6. The van der Waals surface area contributed by atoms with E-state index in [1.165, 1.54) is 11.5 Å². The van der Waals surface area contributed by atoms with E-state index < -0.39 is 10.2 Å². The van der Waals surface area contributed by atoms with Gasteiger partial charge in [0.15, 0.2) is 0 Å². The molecule has 2 bridgehead atoms. The molecule has 3 saturated heterocycles. The van der Waals surface area contributed by atoms with Crippen LogP contribution >= 0.6 is 11.5 Å². The van der Waals surface area contributed by atoms with E-state index in [9.17, 15) is 13.2 Å². The first-order valence-corrected chi connectivity index (χ1v) is 12.8. The lowest BCUT2D eigenvalue weighted by Gasteiger charge is -2.41. The van der Waals surface area contributed by atoms with Crippen molar-refractivity contribution in [2.45, 2.75) is 70.0 Å². The molecule has 0 spiro atoms. The minimum Gasteiger partial charge on any atom is -0.350 e. The molecule has 162 valence electrons. The fraction of sp³-hybridized carbons (Fsp3) is 0.789. The fourth-order valence-corrected chi connectivity index (χ4v) is 7.66. The highest BCUT2D eigenvalue weighted by atomic mass is 32.2. The molecule has 1 aromatic heterocycles. The van der Waals surface area contributed by atoms with Gasteiger partial charge in [-0.25, -0.2) is 0 Å². The van der Waals surface area contributed by atoms with Crippen LogP contribution in [0.4, 0.5) is 0 Å². The number of nitrogens with one attached hydrogen (secondary N) is 1. The van der Waals surface area contributed by atoms with E-state index in [-0.39, 0.29) is 24.0 Å². The molecular weight excluding hydrogens is 410 g/mol. The first kappa shape index (κ1) is 21.2. The first-order chi connectivity index (χ1) is 13.9. The summed E-state index contributed by atoms with van der Waals surface area (Å²) in [6, 6.07) is 2.05. The molecule has 4 heterocycles. The van der Waals surface area contributed by atoms with Crippen molar-refractivity contribution in [3.8, 4) is 0 Å². The number of piperidine rings is 2. The lowest BCUT2D eigenvalue weighted by Crippen LogP contribution is -2.55. The van der Waals surface area contributed by atoms with Gasteiger partial charge in [0.1, 0.15) is 5.69 Å². The maximum atomic E-state index is 13.2. The minimum absolute atomic E-state index is 0.0437. The Kier molecular flexibility index (Phi) is 6.27. The lowest BCUT2D eigenvalue weighted by molar-refractivity contribution is 0.0928. The predicted octanol–water partition coefficient (Wildman–Crippen LogP) is 1.35. The van der Waals surface area contributed by atoms with Gasteiger partial charge in [0.25, 0.3) is 16.1 Å². The Bertz CT molecular complexity index is 821. The number of aryl methyl sites for hydroxylation is 1. The van der Waals surface area contributed by atoms with Crippen LogP contribution in [0.5, 0.6) is 0 Å². The molecule has 1 aromatic rings. The van der Waals surface area contributed by atoms with Gasteiger partial charge >= 0.3 is 0 Å².